The molecule has 0 aromatic heterocycles. The zero-order valence-electron chi connectivity index (χ0n) is 25.8. The van der Waals surface area contributed by atoms with Crippen molar-refractivity contribution in [1.82, 2.24) is 0 Å². The summed E-state index contributed by atoms with van der Waals surface area (Å²) in [4.78, 5) is 0. The minimum absolute atomic E-state index is 0. The number of hydrogen-bond acceptors (Lipinski definition) is 3. The Morgan fingerprint density at radius 1 is 0.488 bits per heavy atom. The average molecular weight is 593 g/mol. The van der Waals surface area contributed by atoms with Crippen molar-refractivity contribution in [1.29, 1.82) is 0 Å². The number of hydrogen-bond donors (Lipinski definition) is 0. The summed E-state index contributed by atoms with van der Waals surface area (Å²) in [6, 6.07) is 0. The van der Waals surface area contributed by atoms with Gasteiger partial charge < -0.3 is 14.2 Å². The Kier molecular flexibility index (Phi) is 71.2. The average Bonchev–Trinajstić information content (AvgIpc) is 2.90. The van der Waals surface area contributed by atoms with Gasteiger partial charge in [-0.1, -0.05) is 181 Å². The van der Waals surface area contributed by atoms with Crippen molar-refractivity contribution in [2.24, 2.45) is 10.8 Å². The molecule has 0 aromatic rings. The summed E-state index contributed by atoms with van der Waals surface area (Å²) < 4.78 is 16.6. The quantitative estimate of drug-likeness (QED) is 0.117. The molecule has 0 fully saturated rings. The van der Waals surface area contributed by atoms with Crippen LogP contribution < -0.4 is 0 Å². The Bertz CT molecular complexity index is 442. The van der Waals surface area contributed by atoms with Crippen molar-refractivity contribution in [2.45, 2.75) is 172 Å². The summed E-state index contributed by atoms with van der Waals surface area (Å²) in [5.74, 6) is 0. The smallest absolute Gasteiger partial charge is 0.105 e. The van der Waals surface area contributed by atoms with Gasteiger partial charge in [0.1, 0.15) is 6.10 Å². The lowest BCUT2D eigenvalue weighted by atomic mass is 9.78. The Balaban J connectivity index is -0.0000000549. The molecular weight excluding hydrogens is 504 g/mol. The zero-order chi connectivity index (χ0) is 27.4. The summed E-state index contributed by atoms with van der Waals surface area (Å²) in [6.45, 7) is 27.2. The SMILES string of the molecule is C.C.C.C.C.C.C/C=C/COCC(COC/C=C/C)OC/C=C/C.CCC(C)(CC)CC.CCC(CC)(CC)CC. The second-order valence-corrected chi connectivity index (χ2v) is 9.52. The topological polar surface area (TPSA) is 27.7 Å². The third-order valence-electron chi connectivity index (χ3n) is 7.73. The molecule has 0 saturated carbocycles. The minimum atomic E-state index is -0.0169. The van der Waals surface area contributed by atoms with Crippen LogP contribution in [0.5, 0.6) is 0 Å². The Labute approximate surface area is 266 Å². The molecule has 0 aliphatic rings. The predicted octanol–water partition coefficient (Wildman–Crippen LogP) is 13.8. The van der Waals surface area contributed by atoms with Crippen LogP contribution in [0.4, 0.5) is 0 Å². The molecule has 0 unspecified atom stereocenters. The fourth-order valence-electron chi connectivity index (χ4n) is 3.41. The fourth-order valence-corrected chi connectivity index (χ4v) is 3.41. The molecule has 0 aliphatic carbocycles. The van der Waals surface area contributed by atoms with Crippen molar-refractivity contribution in [3.63, 3.8) is 0 Å². The molecule has 0 spiro atoms. The van der Waals surface area contributed by atoms with Gasteiger partial charge in [-0.3, -0.25) is 0 Å². The molecule has 0 N–H and O–H groups in total. The molecule has 0 aromatic carbocycles. The van der Waals surface area contributed by atoms with E-state index in [2.05, 4.69) is 55.4 Å². The van der Waals surface area contributed by atoms with Gasteiger partial charge in [0, 0.05) is 0 Å². The second kappa shape index (κ2) is 46.1. The van der Waals surface area contributed by atoms with Gasteiger partial charge in [0.25, 0.3) is 0 Å². The van der Waals surface area contributed by atoms with E-state index >= 15 is 0 Å². The van der Waals surface area contributed by atoms with Gasteiger partial charge in [-0.25, -0.2) is 0 Å². The number of rotatable bonds is 18. The van der Waals surface area contributed by atoms with E-state index in [9.17, 15) is 0 Å². The van der Waals surface area contributed by atoms with Crippen molar-refractivity contribution >= 4 is 0 Å². The summed E-state index contributed by atoms with van der Waals surface area (Å²) in [5, 5.41) is 0. The van der Waals surface area contributed by atoms with Gasteiger partial charge in [-0.15, -0.1) is 0 Å². The number of ether oxygens (including phenoxy) is 3. The molecule has 41 heavy (non-hydrogen) atoms. The first kappa shape index (κ1) is 63.4. The lowest BCUT2D eigenvalue weighted by Gasteiger charge is -2.28. The summed E-state index contributed by atoms with van der Waals surface area (Å²) >= 11 is 0. The van der Waals surface area contributed by atoms with Gasteiger partial charge >= 0.3 is 0 Å². The highest BCUT2D eigenvalue weighted by atomic mass is 16.6. The first-order valence-corrected chi connectivity index (χ1v) is 14.4. The third kappa shape index (κ3) is 39.1. The Morgan fingerprint density at radius 2 is 0.780 bits per heavy atom. The maximum atomic E-state index is 5.66. The van der Waals surface area contributed by atoms with Crippen molar-refractivity contribution < 1.29 is 14.2 Å². The molecule has 0 heterocycles. The van der Waals surface area contributed by atoms with Gasteiger partial charge in [0.15, 0.2) is 0 Å². The Morgan fingerprint density at radius 3 is 0.976 bits per heavy atom. The van der Waals surface area contributed by atoms with Gasteiger partial charge in [-0.05, 0) is 31.6 Å². The van der Waals surface area contributed by atoms with Crippen LogP contribution >= 0.6 is 0 Å². The van der Waals surface area contributed by atoms with E-state index in [1.807, 2.05) is 57.2 Å². The number of allylic oxidation sites excluding steroid dienone is 3. The van der Waals surface area contributed by atoms with Crippen molar-refractivity contribution in [3.8, 4) is 0 Å². The van der Waals surface area contributed by atoms with Crippen LogP contribution in [0.2, 0.25) is 0 Å². The highest BCUT2D eigenvalue weighted by Crippen LogP contribution is 2.33. The van der Waals surface area contributed by atoms with E-state index in [1.165, 1.54) is 44.9 Å². The van der Waals surface area contributed by atoms with Crippen LogP contribution in [-0.2, 0) is 14.2 Å². The monoisotopic (exact) mass is 593 g/mol. The molecule has 0 rings (SSSR count). The van der Waals surface area contributed by atoms with E-state index in [0.717, 1.165) is 0 Å². The van der Waals surface area contributed by atoms with Gasteiger partial charge in [-0.2, -0.15) is 0 Å². The van der Waals surface area contributed by atoms with E-state index < -0.39 is 0 Å². The molecule has 0 atom stereocenters. The zero-order valence-corrected chi connectivity index (χ0v) is 25.8. The van der Waals surface area contributed by atoms with Crippen molar-refractivity contribution in [2.75, 3.05) is 33.0 Å². The highest BCUT2D eigenvalue weighted by Gasteiger charge is 2.20. The summed E-state index contributed by atoms with van der Waals surface area (Å²) in [5.41, 5.74) is 1.29. The standard InChI is InChI=1S/C15H26O3.C9H20.C8H18.6CH4/c1-4-7-10-16-13-15(18-12-9-6-3)14-17-11-8-5-2;1-5-9(6-2,7-3)8-4;1-5-8(4,6-2)7-3;;;;;;/h4-9,15H,10-14H2,1-3H3;5-8H2,1-4H3;5-7H2,1-4H3;6*1H4/b7-4+,8-5+,9-6+;;;;;;;;. The van der Waals surface area contributed by atoms with E-state index in [1.54, 1.807) is 0 Å². The molecule has 0 amide bonds. The molecule has 0 aliphatic heterocycles. The first-order valence-electron chi connectivity index (χ1n) is 14.4. The first-order chi connectivity index (χ1) is 16.8. The van der Waals surface area contributed by atoms with Gasteiger partial charge in [0.2, 0.25) is 0 Å². The lowest BCUT2D eigenvalue weighted by Crippen LogP contribution is -2.26. The maximum absolute atomic E-state index is 5.66. The third-order valence-corrected chi connectivity index (χ3v) is 7.73. The molecule has 0 saturated heterocycles. The van der Waals surface area contributed by atoms with Crippen LogP contribution in [0.1, 0.15) is 166 Å². The highest BCUT2D eigenvalue weighted by molar-refractivity contribution is 4.79. The second-order valence-electron chi connectivity index (χ2n) is 9.52. The molecular formula is C38H88O3. The van der Waals surface area contributed by atoms with Crippen LogP contribution in [0.25, 0.3) is 0 Å². The van der Waals surface area contributed by atoms with E-state index in [4.69, 9.17) is 14.2 Å². The van der Waals surface area contributed by atoms with Crippen molar-refractivity contribution in [3.05, 3.63) is 36.5 Å². The largest absolute Gasteiger partial charge is 0.375 e. The fraction of sp³-hybridized carbons (Fsp3) is 0.842. The normalized spacial score (nSPS) is 10.5. The molecule has 3 nitrogen and oxygen atoms in total. The summed E-state index contributed by atoms with van der Waals surface area (Å²) in [6.07, 6.45) is 21.2. The summed E-state index contributed by atoms with van der Waals surface area (Å²) in [7, 11) is 0. The minimum Gasteiger partial charge on any atom is -0.375 e. The van der Waals surface area contributed by atoms with E-state index in [0.29, 0.717) is 43.9 Å². The lowest BCUT2D eigenvalue weighted by molar-refractivity contribution is -0.0429. The van der Waals surface area contributed by atoms with E-state index in [-0.39, 0.29) is 50.7 Å². The predicted molar refractivity (Wildman–Crippen MR) is 199 cm³/mol. The van der Waals surface area contributed by atoms with Crippen LogP contribution in [0.15, 0.2) is 36.5 Å². The van der Waals surface area contributed by atoms with Gasteiger partial charge in [0.05, 0.1) is 33.0 Å². The van der Waals surface area contributed by atoms with Crippen LogP contribution in [0.3, 0.4) is 0 Å². The molecule has 0 radical (unpaired) electrons. The Hall–Kier alpha value is -0.900. The molecule has 0 bridgehead atoms. The molecule has 3 heteroatoms. The van der Waals surface area contributed by atoms with Crippen LogP contribution in [-0.4, -0.2) is 39.1 Å². The molecule has 258 valence electrons. The van der Waals surface area contributed by atoms with Crippen LogP contribution in [0, 0.1) is 10.8 Å². The maximum Gasteiger partial charge on any atom is 0.105 e.